The molecule has 0 aliphatic carbocycles. The summed E-state index contributed by atoms with van der Waals surface area (Å²) in [5.74, 6) is 1.28. The summed E-state index contributed by atoms with van der Waals surface area (Å²) >= 11 is 0. The van der Waals surface area contributed by atoms with Crippen molar-refractivity contribution in [2.24, 2.45) is 16.7 Å². The van der Waals surface area contributed by atoms with E-state index in [4.69, 9.17) is 0 Å². The van der Waals surface area contributed by atoms with Crippen LogP contribution in [0.5, 0.6) is 5.75 Å². The molecule has 29 heavy (non-hydrogen) atoms. The molecule has 0 aliphatic heterocycles. The Kier molecular flexibility index (Phi) is 9.06. The van der Waals surface area contributed by atoms with Gasteiger partial charge in [-0.25, -0.2) is 0 Å². The van der Waals surface area contributed by atoms with Crippen molar-refractivity contribution in [3.63, 3.8) is 0 Å². The Morgan fingerprint density at radius 2 is 1.55 bits per heavy atom. The molecule has 1 heteroatoms. The maximum atomic E-state index is 10.7. The van der Waals surface area contributed by atoms with Gasteiger partial charge in [0.1, 0.15) is 5.75 Å². The molecule has 1 aromatic rings. The molecule has 1 nitrogen and oxygen atoms in total. The third-order valence-corrected chi connectivity index (χ3v) is 6.60. The van der Waals surface area contributed by atoms with E-state index in [0.717, 1.165) is 36.3 Å². The van der Waals surface area contributed by atoms with Crippen LogP contribution in [0.4, 0.5) is 0 Å². The highest BCUT2D eigenvalue weighted by Gasteiger charge is 2.22. The van der Waals surface area contributed by atoms with Crippen molar-refractivity contribution in [1.82, 2.24) is 0 Å². The minimum absolute atomic E-state index is 0.321. The third-order valence-electron chi connectivity index (χ3n) is 6.60. The molecule has 0 radical (unpaired) electrons. The first-order valence-electron chi connectivity index (χ1n) is 11.6. The maximum Gasteiger partial charge on any atom is 0.122 e. The van der Waals surface area contributed by atoms with Crippen LogP contribution in [0.1, 0.15) is 109 Å². The van der Waals surface area contributed by atoms with Crippen LogP contribution in [0, 0.1) is 37.5 Å². The first-order valence-corrected chi connectivity index (χ1v) is 11.6. The smallest absolute Gasteiger partial charge is 0.122 e. The van der Waals surface area contributed by atoms with Gasteiger partial charge in [-0.1, -0.05) is 66.5 Å². The van der Waals surface area contributed by atoms with Crippen LogP contribution in [0.3, 0.4) is 0 Å². The van der Waals surface area contributed by atoms with Crippen LogP contribution in [-0.2, 0) is 12.8 Å². The van der Waals surface area contributed by atoms with E-state index in [1.54, 1.807) is 0 Å². The van der Waals surface area contributed by atoms with Crippen LogP contribution in [0.2, 0.25) is 0 Å². The van der Waals surface area contributed by atoms with E-state index < -0.39 is 0 Å². The molecule has 166 valence electrons. The highest BCUT2D eigenvalue weighted by atomic mass is 16.3. The lowest BCUT2D eigenvalue weighted by atomic mass is 9.77. The van der Waals surface area contributed by atoms with Crippen molar-refractivity contribution in [3.05, 3.63) is 39.5 Å². The highest BCUT2D eigenvalue weighted by Crippen LogP contribution is 2.36. The molecule has 0 amide bonds. The van der Waals surface area contributed by atoms with Gasteiger partial charge in [-0.3, -0.25) is 0 Å². The van der Waals surface area contributed by atoms with Crippen molar-refractivity contribution in [2.75, 3.05) is 0 Å². The zero-order valence-electron chi connectivity index (χ0n) is 21.3. The number of aromatic hydroxyl groups is 1. The van der Waals surface area contributed by atoms with Crippen molar-refractivity contribution in [2.45, 2.75) is 115 Å². The molecule has 0 bridgehead atoms. The van der Waals surface area contributed by atoms with E-state index in [0.29, 0.717) is 16.6 Å². The highest BCUT2D eigenvalue weighted by molar-refractivity contribution is 5.54. The fourth-order valence-electron chi connectivity index (χ4n) is 5.03. The molecular formula is C28H48O. The summed E-state index contributed by atoms with van der Waals surface area (Å²) in [6.07, 6.45) is 9.18. The van der Waals surface area contributed by atoms with E-state index in [2.05, 4.69) is 75.3 Å². The fourth-order valence-corrected chi connectivity index (χ4v) is 5.03. The summed E-state index contributed by atoms with van der Waals surface area (Å²) in [6, 6.07) is 0. The Labute approximate surface area is 182 Å². The topological polar surface area (TPSA) is 20.2 Å². The van der Waals surface area contributed by atoms with Crippen molar-refractivity contribution < 1.29 is 5.11 Å². The second-order valence-electron chi connectivity index (χ2n) is 11.5. The number of hydrogen-bond acceptors (Lipinski definition) is 1. The van der Waals surface area contributed by atoms with Crippen LogP contribution >= 0.6 is 0 Å². The molecule has 0 aromatic heterocycles. The van der Waals surface area contributed by atoms with E-state index in [1.807, 2.05) is 6.92 Å². The zero-order chi connectivity index (χ0) is 22.6. The van der Waals surface area contributed by atoms with E-state index >= 15 is 0 Å². The van der Waals surface area contributed by atoms with Gasteiger partial charge in [0.25, 0.3) is 0 Å². The minimum Gasteiger partial charge on any atom is -0.507 e. The number of hydrogen-bond donors (Lipinski definition) is 1. The molecule has 1 rings (SSSR count). The van der Waals surface area contributed by atoms with E-state index in [9.17, 15) is 5.11 Å². The van der Waals surface area contributed by atoms with Gasteiger partial charge in [-0.2, -0.15) is 0 Å². The molecule has 1 N–H and O–H groups in total. The van der Waals surface area contributed by atoms with Gasteiger partial charge in [0.05, 0.1) is 0 Å². The summed E-state index contributed by atoms with van der Waals surface area (Å²) in [4.78, 5) is 0. The van der Waals surface area contributed by atoms with E-state index in [1.165, 1.54) is 41.5 Å². The van der Waals surface area contributed by atoms with Gasteiger partial charge >= 0.3 is 0 Å². The van der Waals surface area contributed by atoms with Gasteiger partial charge in [0.2, 0.25) is 0 Å². The summed E-state index contributed by atoms with van der Waals surface area (Å²) in [5, 5.41) is 10.7. The fraction of sp³-hybridized carbons (Fsp3) is 0.714. The molecule has 1 unspecified atom stereocenters. The zero-order valence-corrected chi connectivity index (χ0v) is 21.3. The van der Waals surface area contributed by atoms with Crippen molar-refractivity contribution in [1.29, 1.82) is 0 Å². The van der Waals surface area contributed by atoms with Crippen LogP contribution in [0.15, 0.2) is 11.6 Å². The predicted molar refractivity (Wildman–Crippen MR) is 130 cm³/mol. The van der Waals surface area contributed by atoms with Crippen molar-refractivity contribution >= 4 is 0 Å². The molecule has 0 fully saturated rings. The molecule has 0 saturated carbocycles. The van der Waals surface area contributed by atoms with E-state index in [-0.39, 0.29) is 0 Å². The normalized spacial score (nSPS) is 14.4. The standard InChI is InChI=1S/C28H48O/c1-12-24-21(4)22(5)26(29)25(23(24)6)14-13-19(2)18-28(10,11)16-15-20(3)17-27(7,8)9/h13,20,29H,12,14-18H2,1-11H3/b19-13+. The molecule has 0 aliphatic rings. The number of allylic oxidation sites excluding steroid dienone is 2. The Morgan fingerprint density at radius 3 is 2.07 bits per heavy atom. The minimum atomic E-state index is 0.321. The molecule has 0 saturated heterocycles. The summed E-state index contributed by atoms with van der Waals surface area (Å²) in [6.45, 7) is 25.1. The molecule has 1 atom stereocenters. The SMILES string of the molecule is CCc1c(C)c(C)c(O)c(C/C=C(\C)CC(C)(C)CCC(C)CC(C)(C)C)c1C. The number of phenols is 1. The average Bonchev–Trinajstić information content (AvgIpc) is 2.57. The van der Waals surface area contributed by atoms with Crippen LogP contribution in [-0.4, -0.2) is 5.11 Å². The monoisotopic (exact) mass is 400 g/mol. The quantitative estimate of drug-likeness (QED) is 0.411. The maximum absolute atomic E-state index is 10.7. The first-order chi connectivity index (χ1) is 13.2. The van der Waals surface area contributed by atoms with Crippen LogP contribution in [0.25, 0.3) is 0 Å². The number of rotatable bonds is 9. The predicted octanol–water partition coefficient (Wildman–Crippen LogP) is 8.64. The van der Waals surface area contributed by atoms with Crippen LogP contribution < -0.4 is 0 Å². The number of phenolic OH excluding ortho intramolecular Hbond substituents is 1. The lowest BCUT2D eigenvalue weighted by molar-refractivity contribution is 0.247. The molecule has 0 heterocycles. The summed E-state index contributed by atoms with van der Waals surface area (Å²) in [7, 11) is 0. The lowest BCUT2D eigenvalue weighted by Gasteiger charge is -2.29. The lowest BCUT2D eigenvalue weighted by Crippen LogP contribution is -2.16. The second-order valence-corrected chi connectivity index (χ2v) is 11.5. The van der Waals surface area contributed by atoms with Gasteiger partial charge in [-0.05, 0) is 98.8 Å². The van der Waals surface area contributed by atoms with Gasteiger partial charge in [0.15, 0.2) is 0 Å². The molecule has 0 spiro atoms. The Morgan fingerprint density at radius 1 is 0.966 bits per heavy atom. The Bertz CT molecular complexity index is 713. The summed E-state index contributed by atoms with van der Waals surface area (Å²) in [5.41, 5.74) is 8.25. The summed E-state index contributed by atoms with van der Waals surface area (Å²) < 4.78 is 0. The Hall–Kier alpha value is -1.24. The van der Waals surface area contributed by atoms with Crippen molar-refractivity contribution in [3.8, 4) is 5.75 Å². The first kappa shape index (κ1) is 25.8. The third kappa shape index (κ3) is 7.83. The average molecular weight is 401 g/mol. The second kappa shape index (κ2) is 10.2. The molecule has 1 aromatic carbocycles. The van der Waals surface area contributed by atoms with Gasteiger partial charge in [-0.15, -0.1) is 0 Å². The van der Waals surface area contributed by atoms with Gasteiger partial charge < -0.3 is 5.11 Å². The van der Waals surface area contributed by atoms with Gasteiger partial charge in [0, 0.05) is 5.56 Å². The number of benzene rings is 1. The largest absolute Gasteiger partial charge is 0.507 e. The molecular weight excluding hydrogens is 352 g/mol. The Balaban J connectivity index is 2.83.